The van der Waals surface area contributed by atoms with E-state index in [2.05, 4.69) is 0 Å². The van der Waals surface area contributed by atoms with Crippen LogP contribution >= 0.6 is 0 Å². The molecule has 0 aromatic carbocycles. The van der Waals surface area contributed by atoms with E-state index in [0.717, 1.165) is 0 Å². The van der Waals surface area contributed by atoms with Crippen LogP contribution in [0.2, 0.25) is 0 Å². The molecule has 1 atom stereocenters. The summed E-state index contributed by atoms with van der Waals surface area (Å²) in [6.45, 7) is 2.35. The van der Waals surface area contributed by atoms with Crippen molar-refractivity contribution in [3.63, 3.8) is 0 Å². The Hall–Kier alpha value is -0.900. The number of nitrogens with zero attached hydrogens (tertiary/aromatic N) is 1. The molecule has 12 heavy (non-hydrogen) atoms. The molecule has 0 aliphatic carbocycles. The average Bonchev–Trinajstić information content (AvgIpc) is 2.34. The predicted molar refractivity (Wildman–Crippen MR) is 42.5 cm³/mol. The molecule has 0 aromatic rings. The van der Waals surface area contributed by atoms with Gasteiger partial charge >= 0.3 is 0 Å². The first kappa shape index (κ1) is 9.19. The quantitative estimate of drug-likeness (QED) is 0.573. The van der Waals surface area contributed by atoms with E-state index in [4.69, 9.17) is 5.11 Å². The van der Waals surface area contributed by atoms with Crippen molar-refractivity contribution >= 4 is 11.7 Å². The molecule has 1 rings (SSSR count). The van der Waals surface area contributed by atoms with E-state index in [0.29, 0.717) is 19.5 Å². The Labute approximate surface area is 71.2 Å². The van der Waals surface area contributed by atoms with Crippen LogP contribution in [0, 0.1) is 0 Å². The fourth-order valence-electron chi connectivity index (χ4n) is 1.29. The van der Waals surface area contributed by atoms with Gasteiger partial charge in [0.25, 0.3) is 0 Å². The fraction of sp³-hybridized carbons (Fsp3) is 0.750. The maximum atomic E-state index is 11.2. The van der Waals surface area contributed by atoms with Crippen LogP contribution in [0.4, 0.5) is 0 Å². The molecule has 0 aromatic heterocycles. The van der Waals surface area contributed by atoms with Crippen LogP contribution in [0.25, 0.3) is 0 Å². The minimum Gasteiger partial charge on any atom is -0.391 e. The van der Waals surface area contributed by atoms with E-state index >= 15 is 0 Å². The first-order valence-electron chi connectivity index (χ1n) is 4.05. The Bertz CT molecular complexity index is 202. The molecular formula is C8H13NO3. The molecule has 1 heterocycles. The van der Waals surface area contributed by atoms with Gasteiger partial charge in [0.2, 0.25) is 5.91 Å². The number of β-amino-alcohol motifs (C(OH)–C–C–N with tert-alkyl or cyclic N) is 1. The number of carbonyl (C=O) groups is 2. The van der Waals surface area contributed by atoms with Crippen molar-refractivity contribution in [3.8, 4) is 0 Å². The van der Waals surface area contributed by atoms with Gasteiger partial charge in [0, 0.05) is 13.1 Å². The molecule has 4 heteroatoms. The van der Waals surface area contributed by atoms with Gasteiger partial charge in [-0.05, 0) is 13.3 Å². The Balaban J connectivity index is 2.38. The van der Waals surface area contributed by atoms with Gasteiger partial charge in [-0.2, -0.15) is 0 Å². The highest BCUT2D eigenvalue weighted by Crippen LogP contribution is 2.09. The number of carbonyl (C=O) groups excluding carboxylic acids is 2. The van der Waals surface area contributed by atoms with Crippen molar-refractivity contribution in [1.29, 1.82) is 0 Å². The van der Waals surface area contributed by atoms with Gasteiger partial charge in [-0.15, -0.1) is 0 Å². The van der Waals surface area contributed by atoms with Crippen molar-refractivity contribution in [2.24, 2.45) is 0 Å². The number of hydrogen-bond donors (Lipinski definition) is 1. The second kappa shape index (κ2) is 3.67. The fourth-order valence-corrected chi connectivity index (χ4v) is 1.29. The van der Waals surface area contributed by atoms with E-state index in [1.807, 2.05) is 0 Å². The van der Waals surface area contributed by atoms with Gasteiger partial charge in [0.15, 0.2) is 0 Å². The molecule has 1 fully saturated rings. The molecule has 4 nitrogen and oxygen atoms in total. The zero-order chi connectivity index (χ0) is 9.14. The van der Waals surface area contributed by atoms with Crippen LogP contribution in [0.15, 0.2) is 0 Å². The van der Waals surface area contributed by atoms with E-state index in [1.165, 1.54) is 11.8 Å². The number of Topliss-reactive ketones (excluding diaryl/α,β-unsaturated/α-hetero) is 1. The number of hydrogen-bond acceptors (Lipinski definition) is 3. The number of aliphatic hydroxyl groups excluding tert-OH is 1. The largest absolute Gasteiger partial charge is 0.391 e. The number of ketones is 1. The first-order chi connectivity index (χ1) is 5.59. The van der Waals surface area contributed by atoms with E-state index < -0.39 is 6.10 Å². The van der Waals surface area contributed by atoms with Gasteiger partial charge in [0.05, 0.1) is 12.5 Å². The van der Waals surface area contributed by atoms with Gasteiger partial charge in [-0.3, -0.25) is 9.59 Å². The SMILES string of the molecule is CC(=O)CC(=O)N1CC[C@H](O)C1. The molecule has 68 valence electrons. The Morgan fingerprint density at radius 2 is 2.25 bits per heavy atom. The van der Waals surface area contributed by atoms with Crippen LogP contribution in [-0.4, -0.2) is 40.9 Å². The van der Waals surface area contributed by atoms with Crippen LogP contribution in [0.5, 0.6) is 0 Å². The Kier molecular flexibility index (Phi) is 2.81. The zero-order valence-electron chi connectivity index (χ0n) is 7.12. The van der Waals surface area contributed by atoms with Crippen LogP contribution in [0.3, 0.4) is 0 Å². The summed E-state index contributed by atoms with van der Waals surface area (Å²) < 4.78 is 0. The van der Waals surface area contributed by atoms with Crippen LogP contribution < -0.4 is 0 Å². The lowest BCUT2D eigenvalue weighted by atomic mass is 10.3. The lowest BCUT2D eigenvalue weighted by Gasteiger charge is -2.13. The van der Waals surface area contributed by atoms with Crippen LogP contribution in [-0.2, 0) is 9.59 Å². The van der Waals surface area contributed by atoms with Crippen LogP contribution in [0.1, 0.15) is 19.8 Å². The van der Waals surface area contributed by atoms with Crippen molar-refractivity contribution < 1.29 is 14.7 Å². The van der Waals surface area contributed by atoms with Gasteiger partial charge in [0.1, 0.15) is 5.78 Å². The summed E-state index contributed by atoms with van der Waals surface area (Å²) in [6.07, 6.45) is 0.192. The number of aliphatic hydroxyl groups is 1. The Morgan fingerprint density at radius 3 is 2.67 bits per heavy atom. The van der Waals surface area contributed by atoms with E-state index in [1.54, 1.807) is 0 Å². The summed E-state index contributed by atoms with van der Waals surface area (Å²) in [5.74, 6) is -0.291. The molecule has 0 spiro atoms. The summed E-state index contributed by atoms with van der Waals surface area (Å²) in [7, 11) is 0. The molecule has 1 saturated heterocycles. The summed E-state index contributed by atoms with van der Waals surface area (Å²) in [5.41, 5.74) is 0. The van der Waals surface area contributed by atoms with Crippen molar-refractivity contribution in [2.45, 2.75) is 25.9 Å². The minimum atomic E-state index is -0.402. The molecule has 0 saturated carbocycles. The van der Waals surface area contributed by atoms with Gasteiger partial charge in [-0.25, -0.2) is 0 Å². The molecular weight excluding hydrogens is 158 g/mol. The molecule has 1 aliphatic rings. The molecule has 0 unspecified atom stereocenters. The predicted octanol–water partition coefficient (Wildman–Crippen LogP) is -0.441. The normalized spacial score (nSPS) is 22.8. The highest BCUT2D eigenvalue weighted by molar-refractivity contribution is 5.96. The molecule has 1 N–H and O–H groups in total. The molecule has 0 radical (unpaired) electrons. The van der Waals surface area contributed by atoms with Crippen molar-refractivity contribution in [3.05, 3.63) is 0 Å². The standard InChI is InChI=1S/C8H13NO3/c1-6(10)4-8(12)9-3-2-7(11)5-9/h7,11H,2-5H2,1H3/t7-/m0/s1. The second-order valence-electron chi connectivity index (χ2n) is 3.16. The highest BCUT2D eigenvalue weighted by Gasteiger charge is 2.24. The molecule has 1 amide bonds. The third-order valence-corrected chi connectivity index (χ3v) is 1.92. The summed E-state index contributed by atoms with van der Waals surface area (Å²) in [5, 5.41) is 9.10. The molecule has 1 aliphatic heterocycles. The maximum absolute atomic E-state index is 11.2. The van der Waals surface area contributed by atoms with Crippen molar-refractivity contribution in [1.82, 2.24) is 4.90 Å². The third-order valence-electron chi connectivity index (χ3n) is 1.92. The smallest absolute Gasteiger partial charge is 0.230 e. The lowest BCUT2D eigenvalue weighted by Crippen LogP contribution is -2.30. The van der Waals surface area contributed by atoms with Gasteiger partial charge < -0.3 is 10.0 Å². The summed E-state index contributed by atoms with van der Waals surface area (Å²) in [6, 6.07) is 0. The molecule has 0 bridgehead atoms. The minimum absolute atomic E-state index is 0.0350. The van der Waals surface area contributed by atoms with Crippen molar-refractivity contribution in [2.75, 3.05) is 13.1 Å². The second-order valence-corrected chi connectivity index (χ2v) is 3.16. The highest BCUT2D eigenvalue weighted by atomic mass is 16.3. The maximum Gasteiger partial charge on any atom is 0.230 e. The number of rotatable bonds is 2. The van der Waals surface area contributed by atoms with Gasteiger partial charge in [-0.1, -0.05) is 0 Å². The monoisotopic (exact) mass is 171 g/mol. The Morgan fingerprint density at radius 1 is 1.58 bits per heavy atom. The third kappa shape index (κ3) is 2.30. The number of amides is 1. The average molecular weight is 171 g/mol. The summed E-state index contributed by atoms with van der Waals surface area (Å²) >= 11 is 0. The topological polar surface area (TPSA) is 57.6 Å². The van der Waals surface area contributed by atoms with E-state index in [-0.39, 0.29) is 18.1 Å². The number of likely N-dealkylation sites (tertiary alicyclic amines) is 1. The van der Waals surface area contributed by atoms with E-state index in [9.17, 15) is 9.59 Å². The first-order valence-corrected chi connectivity index (χ1v) is 4.05. The summed E-state index contributed by atoms with van der Waals surface area (Å²) in [4.78, 5) is 23.3. The lowest BCUT2D eigenvalue weighted by molar-refractivity contribution is -0.134. The zero-order valence-corrected chi connectivity index (χ0v) is 7.12.